The number of anilines is 1. The summed E-state index contributed by atoms with van der Waals surface area (Å²) in [6.45, 7) is 2.12. The number of hydrogen-bond donors (Lipinski definition) is 2. The number of amides is 1. The van der Waals surface area contributed by atoms with Gasteiger partial charge in [-0.05, 0) is 74.6 Å². The van der Waals surface area contributed by atoms with Crippen molar-refractivity contribution in [2.24, 2.45) is 0 Å². The van der Waals surface area contributed by atoms with Gasteiger partial charge in [-0.1, -0.05) is 18.2 Å². The van der Waals surface area contributed by atoms with Crippen molar-refractivity contribution < 1.29 is 4.79 Å². The highest BCUT2D eigenvalue weighted by molar-refractivity contribution is 5.94. The number of carbonyl (C=O) groups excluding carboxylic acids is 1. The van der Waals surface area contributed by atoms with Crippen LogP contribution < -0.4 is 10.6 Å². The van der Waals surface area contributed by atoms with Gasteiger partial charge in [-0.25, -0.2) is 4.98 Å². The number of pyridine rings is 1. The van der Waals surface area contributed by atoms with Gasteiger partial charge in [0.2, 0.25) is 0 Å². The lowest BCUT2D eigenvalue weighted by molar-refractivity contribution is 0.0926. The molecular formula is C24H25ClN4O. The van der Waals surface area contributed by atoms with E-state index in [1.54, 1.807) is 24.3 Å². The lowest BCUT2D eigenvalue weighted by Gasteiger charge is -2.30. The third-order valence-corrected chi connectivity index (χ3v) is 5.61. The number of halogens is 1. The van der Waals surface area contributed by atoms with E-state index >= 15 is 0 Å². The summed E-state index contributed by atoms with van der Waals surface area (Å²) in [6.07, 6.45) is 3.86. The van der Waals surface area contributed by atoms with Gasteiger partial charge in [0.05, 0.1) is 17.1 Å². The largest absolute Gasteiger partial charge is 0.367 e. The van der Waals surface area contributed by atoms with Gasteiger partial charge in [0, 0.05) is 23.0 Å². The number of carbonyl (C=O) groups is 1. The van der Waals surface area contributed by atoms with Gasteiger partial charge < -0.3 is 10.6 Å². The fraction of sp³-hybridized carbons (Fsp3) is 0.292. The van der Waals surface area contributed by atoms with E-state index in [1.165, 1.54) is 10.9 Å². The van der Waals surface area contributed by atoms with Gasteiger partial charge in [-0.15, -0.1) is 12.4 Å². The van der Waals surface area contributed by atoms with Crippen molar-refractivity contribution in [1.29, 1.82) is 5.26 Å². The van der Waals surface area contributed by atoms with E-state index in [-0.39, 0.29) is 24.4 Å². The summed E-state index contributed by atoms with van der Waals surface area (Å²) in [6, 6.07) is 19.7. The van der Waals surface area contributed by atoms with Crippen molar-refractivity contribution in [1.82, 2.24) is 10.3 Å². The minimum absolute atomic E-state index is 0. The predicted molar refractivity (Wildman–Crippen MR) is 122 cm³/mol. The summed E-state index contributed by atoms with van der Waals surface area (Å²) >= 11 is 0. The standard InChI is InChI=1S/C24H24N4O.ClH/c1-16-14-23(28-22-5-3-2-4-21(16)22)26-19-10-12-20(13-11-19)27-24(29)18-8-6-17(15-25)7-9-18;/h2-9,14,19-20H,10-13H2,1H3,(H,26,28)(H,27,29);1H/t19-,20+;. The zero-order chi connectivity index (χ0) is 20.2. The lowest BCUT2D eigenvalue weighted by Crippen LogP contribution is -2.40. The molecule has 3 aromatic rings. The topological polar surface area (TPSA) is 77.8 Å². The summed E-state index contributed by atoms with van der Waals surface area (Å²) in [4.78, 5) is 17.2. The number of aromatic nitrogens is 1. The zero-order valence-electron chi connectivity index (χ0n) is 16.9. The second-order valence-corrected chi connectivity index (χ2v) is 7.70. The number of para-hydroxylation sites is 1. The van der Waals surface area contributed by atoms with Crippen molar-refractivity contribution in [2.45, 2.75) is 44.7 Å². The Bertz CT molecular complexity index is 1070. The highest BCUT2D eigenvalue weighted by Gasteiger charge is 2.23. The summed E-state index contributed by atoms with van der Waals surface area (Å²) in [7, 11) is 0. The Labute approximate surface area is 182 Å². The third-order valence-electron chi connectivity index (χ3n) is 5.61. The summed E-state index contributed by atoms with van der Waals surface area (Å²) in [5, 5.41) is 16.8. The molecule has 5 nitrogen and oxygen atoms in total. The molecule has 1 saturated carbocycles. The van der Waals surface area contributed by atoms with Gasteiger partial charge in [0.25, 0.3) is 5.91 Å². The Balaban J connectivity index is 0.00000256. The molecule has 1 fully saturated rings. The number of benzene rings is 2. The molecule has 30 heavy (non-hydrogen) atoms. The zero-order valence-corrected chi connectivity index (χ0v) is 17.7. The molecule has 6 heteroatoms. The highest BCUT2D eigenvalue weighted by atomic mass is 35.5. The molecule has 154 valence electrons. The van der Waals surface area contributed by atoms with E-state index < -0.39 is 0 Å². The van der Waals surface area contributed by atoms with Crippen LogP contribution in [0.4, 0.5) is 5.82 Å². The van der Waals surface area contributed by atoms with Gasteiger partial charge in [0.15, 0.2) is 0 Å². The van der Waals surface area contributed by atoms with E-state index in [2.05, 4.69) is 35.8 Å². The van der Waals surface area contributed by atoms with Crippen molar-refractivity contribution >= 4 is 35.0 Å². The molecule has 0 saturated heterocycles. The number of nitriles is 1. The summed E-state index contributed by atoms with van der Waals surface area (Å²) in [5.41, 5.74) is 3.39. The highest BCUT2D eigenvalue weighted by Crippen LogP contribution is 2.25. The molecule has 0 bridgehead atoms. The fourth-order valence-electron chi connectivity index (χ4n) is 3.98. The van der Waals surface area contributed by atoms with E-state index in [0.717, 1.165) is 37.0 Å². The van der Waals surface area contributed by atoms with Crippen LogP contribution in [0.2, 0.25) is 0 Å². The molecule has 2 N–H and O–H groups in total. The minimum atomic E-state index is -0.0716. The molecule has 0 aliphatic heterocycles. The maximum atomic E-state index is 12.4. The van der Waals surface area contributed by atoms with Gasteiger partial charge >= 0.3 is 0 Å². The van der Waals surface area contributed by atoms with Gasteiger partial charge in [-0.3, -0.25) is 4.79 Å². The van der Waals surface area contributed by atoms with Crippen LogP contribution in [0.1, 0.15) is 47.2 Å². The molecule has 0 spiro atoms. The molecule has 0 atom stereocenters. The number of fused-ring (bicyclic) bond motifs is 1. The van der Waals surface area contributed by atoms with Crippen molar-refractivity contribution in [2.75, 3.05) is 5.32 Å². The van der Waals surface area contributed by atoms with Gasteiger partial charge in [0.1, 0.15) is 5.82 Å². The molecular weight excluding hydrogens is 396 g/mol. The monoisotopic (exact) mass is 420 g/mol. The Hall–Kier alpha value is -3.10. The molecule has 4 rings (SSSR count). The average Bonchev–Trinajstić information content (AvgIpc) is 2.75. The molecule has 1 aromatic heterocycles. The first-order valence-corrected chi connectivity index (χ1v) is 10.1. The van der Waals surface area contributed by atoms with E-state index in [9.17, 15) is 4.79 Å². The van der Waals surface area contributed by atoms with Crippen LogP contribution in [0.15, 0.2) is 54.6 Å². The first-order chi connectivity index (χ1) is 14.1. The van der Waals surface area contributed by atoms with Crippen LogP contribution in [-0.2, 0) is 0 Å². The SMILES string of the molecule is Cc1cc(N[C@H]2CC[C@@H](NC(=O)c3ccc(C#N)cc3)CC2)nc2ccccc12.Cl. The van der Waals surface area contributed by atoms with E-state index in [0.29, 0.717) is 17.2 Å². The number of nitrogens with one attached hydrogen (secondary N) is 2. The molecule has 0 unspecified atom stereocenters. The van der Waals surface area contributed by atoms with E-state index in [1.807, 2.05) is 18.2 Å². The molecule has 1 heterocycles. The number of nitrogens with zero attached hydrogens (tertiary/aromatic N) is 2. The van der Waals surface area contributed by atoms with Crippen LogP contribution in [0, 0.1) is 18.3 Å². The predicted octanol–water partition coefficient (Wildman–Crippen LogP) is 4.99. The number of hydrogen-bond acceptors (Lipinski definition) is 4. The third kappa shape index (κ3) is 4.90. The second-order valence-electron chi connectivity index (χ2n) is 7.70. The smallest absolute Gasteiger partial charge is 0.251 e. The number of aryl methyl sites for hydroxylation is 1. The number of rotatable bonds is 4. The minimum Gasteiger partial charge on any atom is -0.367 e. The average molecular weight is 421 g/mol. The quantitative estimate of drug-likeness (QED) is 0.623. The van der Waals surface area contributed by atoms with Crippen LogP contribution in [0.5, 0.6) is 0 Å². The maximum absolute atomic E-state index is 12.4. The van der Waals surface area contributed by atoms with Crippen molar-refractivity contribution in [3.05, 3.63) is 71.3 Å². The fourth-order valence-corrected chi connectivity index (χ4v) is 3.98. The Morgan fingerprint density at radius 2 is 1.70 bits per heavy atom. The van der Waals surface area contributed by atoms with Crippen LogP contribution in [0.25, 0.3) is 10.9 Å². The normalized spacial score (nSPS) is 18.1. The molecule has 2 aromatic carbocycles. The van der Waals surface area contributed by atoms with E-state index in [4.69, 9.17) is 10.2 Å². The Kier molecular flexibility index (Phi) is 6.91. The molecule has 1 aliphatic rings. The lowest BCUT2D eigenvalue weighted by atomic mass is 9.91. The summed E-state index contributed by atoms with van der Waals surface area (Å²) in [5.74, 6) is 0.851. The first-order valence-electron chi connectivity index (χ1n) is 10.1. The molecule has 1 amide bonds. The van der Waals surface area contributed by atoms with Crippen LogP contribution in [-0.4, -0.2) is 23.0 Å². The Morgan fingerprint density at radius 3 is 2.40 bits per heavy atom. The second kappa shape index (κ2) is 9.60. The molecule has 1 aliphatic carbocycles. The maximum Gasteiger partial charge on any atom is 0.251 e. The van der Waals surface area contributed by atoms with Gasteiger partial charge in [-0.2, -0.15) is 5.26 Å². The first kappa shape index (κ1) is 21.6. The van der Waals surface area contributed by atoms with Crippen molar-refractivity contribution in [3.8, 4) is 6.07 Å². The van der Waals surface area contributed by atoms with Crippen molar-refractivity contribution in [3.63, 3.8) is 0 Å². The van der Waals surface area contributed by atoms with Crippen LogP contribution >= 0.6 is 12.4 Å². The van der Waals surface area contributed by atoms with Crippen LogP contribution in [0.3, 0.4) is 0 Å². The Morgan fingerprint density at radius 1 is 1.03 bits per heavy atom. The summed E-state index contributed by atoms with van der Waals surface area (Å²) < 4.78 is 0. The molecule has 0 radical (unpaired) electrons.